The van der Waals surface area contributed by atoms with Crippen LogP contribution < -0.4 is 9.62 Å². The van der Waals surface area contributed by atoms with Crippen LogP contribution in [0.1, 0.15) is 38.7 Å². The number of hydrogen-bond donors (Lipinski definition) is 1. The highest BCUT2D eigenvalue weighted by Gasteiger charge is 2.19. The van der Waals surface area contributed by atoms with Gasteiger partial charge in [0.25, 0.3) is 10.0 Å². The zero-order chi connectivity index (χ0) is 20.1. The summed E-state index contributed by atoms with van der Waals surface area (Å²) in [6, 6.07) is 6.94. The SMILES string of the molecule is CCCN1CCN(c2ncc(NS(=O)(=O)c3ccc(C(C)C)cc3)cn2)CC1. The predicted octanol–water partition coefficient (Wildman–Crippen LogP) is 2.93. The van der Waals surface area contributed by atoms with Gasteiger partial charge in [-0.15, -0.1) is 0 Å². The number of piperazine rings is 1. The van der Waals surface area contributed by atoms with E-state index in [-0.39, 0.29) is 4.90 Å². The van der Waals surface area contributed by atoms with Crippen LogP contribution in [-0.2, 0) is 10.0 Å². The molecule has 0 bridgehead atoms. The first kappa shape index (κ1) is 20.5. The Hall–Kier alpha value is -2.19. The van der Waals surface area contributed by atoms with Crippen LogP contribution in [0.5, 0.6) is 0 Å². The zero-order valence-corrected chi connectivity index (χ0v) is 17.6. The van der Waals surface area contributed by atoms with Crippen molar-refractivity contribution in [2.24, 2.45) is 0 Å². The minimum Gasteiger partial charge on any atom is -0.338 e. The lowest BCUT2D eigenvalue weighted by molar-refractivity contribution is 0.257. The average molecular weight is 404 g/mol. The number of nitrogens with zero attached hydrogens (tertiary/aromatic N) is 4. The molecular weight excluding hydrogens is 374 g/mol. The summed E-state index contributed by atoms with van der Waals surface area (Å²) in [4.78, 5) is 13.5. The normalized spacial score (nSPS) is 15.8. The van der Waals surface area contributed by atoms with Crippen LogP contribution in [0.25, 0.3) is 0 Å². The van der Waals surface area contributed by atoms with E-state index in [2.05, 4.69) is 45.3 Å². The van der Waals surface area contributed by atoms with E-state index in [9.17, 15) is 8.42 Å². The van der Waals surface area contributed by atoms with E-state index in [0.717, 1.165) is 44.7 Å². The van der Waals surface area contributed by atoms with E-state index in [1.807, 2.05) is 12.1 Å². The van der Waals surface area contributed by atoms with Crippen molar-refractivity contribution < 1.29 is 8.42 Å². The van der Waals surface area contributed by atoms with Crippen molar-refractivity contribution in [2.75, 3.05) is 42.3 Å². The van der Waals surface area contributed by atoms with Gasteiger partial charge in [-0.2, -0.15) is 0 Å². The van der Waals surface area contributed by atoms with Crippen molar-refractivity contribution in [2.45, 2.75) is 38.0 Å². The molecule has 1 fully saturated rings. The summed E-state index contributed by atoms with van der Waals surface area (Å²) >= 11 is 0. The number of nitrogens with one attached hydrogen (secondary N) is 1. The highest BCUT2D eigenvalue weighted by molar-refractivity contribution is 7.92. The molecule has 0 unspecified atom stereocenters. The fraction of sp³-hybridized carbons (Fsp3) is 0.500. The third-order valence-electron chi connectivity index (χ3n) is 4.94. The Bertz CT molecular complexity index is 858. The molecule has 152 valence electrons. The van der Waals surface area contributed by atoms with Crippen molar-refractivity contribution in [3.05, 3.63) is 42.2 Å². The number of hydrogen-bond acceptors (Lipinski definition) is 6. The summed E-state index contributed by atoms with van der Waals surface area (Å²) in [5.41, 5.74) is 1.46. The van der Waals surface area contributed by atoms with Gasteiger partial charge in [-0.1, -0.05) is 32.9 Å². The largest absolute Gasteiger partial charge is 0.338 e. The first-order valence-electron chi connectivity index (χ1n) is 9.81. The van der Waals surface area contributed by atoms with Crippen molar-refractivity contribution in [1.29, 1.82) is 0 Å². The van der Waals surface area contributed by atoms with Gasteiger partial charge in [0.15, 0.2) is 0 Å². The van der Waals surface area contributed by atoms with E-state index < -0.39 is 10.0 Å². The lowest BCUT2D eigenvalue weighted by Crippen LogP contribution is -2.47. The molecule has 1 saturated heterocycles. The summed E-state index contributed by atoms with van der Waals surface area (Å²) in [5, 5.41) is 0. The number of anilines is 2. The van der Waals surface area contributed by atoms with Crippen LogP contribution in [0.3, 0.4) is 0 Å². The highest BCUT2D eigenvalue weighted by atomic mass is 32.2. The topological polar surface area (TPSA) is 78.4 Å². The number of benzene rings is 1. The van der Waals surface area contributed by atoms with Gasteiger partial charge >= 0.3 is 0 Å². The smallest absolute Gasteiger partial charge is 0.261 e. The van der Waals surface area contributed by atoms with Crippen molar-refractivity contribution >= 4 is 21.7 Å². The van der Waals surface area contributed by atoms with Crippen molar-refractivity contribution in [1.82, 2.24) is 14.9 Å². The van der Waals surface area contributed by atoms with Crippen molar-refractivity contribution in [3.8, 4) is 0 Å². The lowest BCUT2D eigenvalue weighted by atomic mass is 10.0. The van der Waals surface area contributed by atoms with E-state index in [0.29, 0.717) is 17.6 Å². The van der Waals surface area contributed by atoms with Crippen LogP contribution in [0, 0.1) is 0 Å². The summed E-state index contributed by atoms with van der Waals surface area (Å²) in [6.45, 7) is 11.2. The molecule has 1 aromatic heterocycles. The number of aromatic nitrogens is 2. The van der Waals surface area contributed by atoms with Crippen molar-refractivity contribution in [3.63, 3.8) is 0 Å². The third kappa shape index (κ3) is 4.99. The van der Waals surface area contributed by atoms with Gasteiger partial charge < -0.3 is 4.90 Å². The Morgan fingerprint density at radius 1 is 1.04 bits per heavy atom. The first-order chi connectivity index (χ1) is 13.4. The van der Waals surface area contributed by atoms with E-state index in [4.69, 9.17) is 0 Å². The zero-order valence-electron chi connectivity index (χ0n) is 16.8. The molecule has 7 nitrogen and oxygen atoms in total. The summed E-state index contributed by atoms with van der Waals surface area (Å²) in [7, 11) is -3.66. The van der Waals surface area contributed by atoms with Crippen LogP contribution >= 0.6 is 0 Å². The number of sulfonamides is 1. The Morgan fingerprint density at radius 3 is 2.18 bits per heavy atom. The van der Waals surface area contributed by atoms with Gasteiger partial charge in [0.2, 0.25) is 5.95 Å². The Balaban J connectivity index is 1.63. The van der Waals surface area contributed by atoms with Crippen LogP contribution in [-0.4, -0.2) is 56.0 Å². The molecular formula is C20H29N5O2S. The molecule has 0 amide bonds. The number of rotatable bonds is 7. The predicted molar refractivity (Wildman–Crippen MR) is 112 cm³/mol. The molecule has 1 N–H and O–H groups in total. The summed E-state index contributed by atoms with van der Waals surface area (Å²) in [6.07, 6.45) is 4.22. The maximum Gasteiger partial charge on any atom is 0.261 e. The molecule has 2 aromatic rings. The van der Waals surface area contributed by atoms with Gasteiger partial charge in [0, 0.05) is 26.2 Å². The van der Waals surface area contributed by atoms with Gasteiger partial charge in [-0.05, 0) is 36.6 Å². The fourth-order valence-electron chi connectivity index (χ4n) is 3.27. The third-order valence-corrected chi connectivity index (χ3v) is 6.34. The average Bonchev–Trinajstić information content (AvgIpc) is 2.69. The Kier molecular flexibility index (Phi) is 6.51. The van der Waals surface area contributed by atoms with Crippen LogP contribution in [0.15, 0.2) is 41.6 Å². The van der Waals surface area contributed by atoms with Gasteiger partial charge in [-0.3, -0.25) is 9.62 Å². The van der Waals surface area contributed by atoms with Gasteiger partial charge in [-0.25, -0.2) is 18.4 Å². The second-order valence-corrected chi connectivity index (χ2v) is 9.11. The Labute approximate surface area is 167 Å². The second-order valence-electron chi connectivity index (χ2n) is 7.43. The monoisotopic (exact) mass is 403 g/mol. The molecule has 0 spiro atoms. The quantitative estimate of drug-likeness (QED) is 0.766. The summed E-state index contributed by atoms with van der Waals surface area (Å²) < 4.78 is 27.7. The highest BCUT2D eigenvalue weighted by Crippen LogP contribution is 2.20. The molecule has 1 aliphatic heterocycles. The van der Waals surface area contributed by atoms with E-state index in [1.165, 1.54) is 12.4 Å². The van der Waals surface area contributed by atoms with Gasteiger partial charge in [0.1, 0.15) is 0 Å². The minimum absolute atomic E-state index is 0.230. The molecule has 2 heterocycles. The minimum atomic E-state index is -3.66. The molecule has 0 atom stereocenters. The second kappa shape index (κ2) is 8.87. The molecule has 0 radical (unpaired) electrons. The standard InChI is InChI=1S/C20H29N5O2S/c1-4-9-24-10-12-25(13-11-24)20-21-14-18(15-22-20)23-28(26,27)19-7-5-17(6-8-19)16(2)3/h5-8,14-16,23H,4,9-13H2,1-3H3. The molecule has 28 heavy (non-hydrogen) atoms. The molecule has 8 heteroatoms. The molecule has 1 aliphatic rings. The maximum absolute atomic E-state index is 12.6. The van der Waals surface area contributed by atoms with Crippen LogP contribution in [0.2, 0.25) is 0 Å². The lowest BCUT2D eigenvalue weighted by Gasteiger charge is -2.34. The van der Waals surface area contributed by atoms with E-state index in [1.54, 1.807) is 12.1 Å². The van der Waals surface area contributed by atoms with E-state index >= 15 is 0 Å². The van der Waals surface area contributed by atoms with Crippen LogP contribution in [0.4, 0.5) is 11.6 Å². The molecule has 1 aromatic carbocycles. The fourth-order valence-corrected chi connectivity index (χ4v) is 4.30. The first-order valence-corrected chi connectivity index (χ1v) is 11.3. The maximum atomic E-state index is 12.6. The van der Waals surface area contributed by atoms with Gasteiger partial charge in [0.05, 0.1) is 23.0 Å². The molecule has 0 saturated carbocycles. The molecule has 0 aliphatic carbocycles. The summed E-state index contributed by atoms with van der Waals surface area (Å²) in [5.74, 6) is 0.995. The Morgan fingerprint density at radius 2 is 1.64 bits per heavy atom. The molecule has 3 rings (SSSR count).